The summed E-state index contributed by atoms with van der Waals surface area (Å²) in [7, 11) is 0. The van der Waals surface area contributed by atoms with Crippen molar-refractivity contribution in [3.8, 4) is 0 Å². The monoisotopic (exact) mass is 145 g/mol. The highest BCUT2D eigenvalue weighted by Crippen LogP contribution is 2.04. The predicted molar refractivity (Wildman–Crippen MR) is 37.0 cm³/mol. The predicted octanol–water partition coefficient (Wildman–Crippen LogP) is 0.938. The Bertz CT molecular complexity index is 151. The highest BCUT2D eigenvalue weighted by atomic mass is 16.6. The zero-order chi connectivity index (χ0) is 8.15. The van der Waals surface area contributed by atoms with E-state index < -0.39 is 11.0 Å². The lowest BCUT2D eigenvalue weighted by molar-refractivity contribution is -0.429. The van der Waals surface area contributed by atoms with E-state index in [1.54, 1.807) is 6.92 Å². The fraction of sp³-hybridized carbons (Fsp3) is 0.667. The third-order valence-electron chi connectivity index (χ3n) is 1.07. The Kier molecular flexibility index (Phi) is 3.64. The van der Waals surface area contributed by atoms with E-state index in [0.717, 1.165) is 0 Å². The Morgan fingerprint density at radius 2 is 2.40 bits per heavy atom. The molecule has 0 aliphatic rings. The Labute approximate surface area is 59.3 Å². The summed E-state index contributed by atoms with van der Waals surface area (Å²) in [6.07, 6.45) is 0.868. The summed E-state index contributed by atoms with van der Waals surface area (Å²) < 4.78 is 0. The zero-order valence-corrected chi connectivity index (χ0v) is 6.07. The molecule has 0 radical (unpaired) electrons. The fourth-order valence-electron chi connectivity index (χ4n) is 0.600. The largest absolute Gasteiger partial charge is 0.393 e. The van der Waals surface area contributed by atoms with Gasteiger partial charge in [-0.3, -0.25) is 10.1 Å². The number of nitro groups is 1. The molecular weight excluding hydrogens is 134 g/mol. The molecule has 0 rings (SSSR count). The van der Waals surface area contributed by atoms with Gasteiger partial charge in [0.05, 0.1) is 17.4 Å². The molecule has 0 aromatic carbocycles. The van der Waals surface area contributed by atoms with Crippen LogP contribution in [0.2, 0.25) is 0 Å². The van der Waals surface area contributed by atoms with E-state index >= 15 is 0 Å². The van der Waals surface area contributed by atoms with Gasteiger partial charge >= 0.3 is 0 Å². The number of aliphatic hydroxyl groups excluding tert-OH is 1. The number of hydrogen-bond acceptors (Lipinski definition) is 3. The third-order valence-corrected chi connectivity index (χ3v) is 1.07. The lowest BCUT2D eigenvalue weighted by Crippen LogP contribution is -2.07. The highest BCUT2D eigenvalue weighted by molar-refractivity contribution is 4.89. The van der Waals surface area contributed by atoms with Crippen LogP contribution in [0, 0.1) is 10.1 Å². The van der Waals surface area contributed by atoms with E-state index in [1.165, 1.54) is 13.0 Å². The van der Waals surface area contributed by atoms with Gasteiger partial charge < -0.3 is 5.11 Å². The van der Waals surface area contributed by atoms with Crippen LogP contribution in [-0.4, -0.2) is 16.1 Å². The number of allylic oxidation sites excluding steroid dienone is 1. The molecule has 0 heterocycles. The van der Waals surface area contributed by atoms with Gasteiger partial charge in [0.25, 0.3) is 0 Å². The second kappa shape index (κ2) is 4.00. The molecule has 58 valence electrons. The summed E-state index contributed by atoms with van der Waals surface area (Å²) in [6, 6.07) is 0. The minimum atomic E-state index is -0.642. The number of hydrogen-bond donors (Lipinski definition) is 1. The van der Waals surface area contributed by atoms with Gasteiger partial charge in [0, 0.05) is 0 Å². The molecule has 0 bridgehead atoms. The van der Waals surface area contributed by atoms with Gasteiger partial charge in [0.2, 0.25) is 5.70 Å². The second-order valence-electron chi connectivity index (χ2n) is 2.09. The van der Waals surface area contributed by atoms with E-state index in [4.69, 9.17) is 5.11 Å². The minimum Gasteiger partial charge on any atom is -0.393 e. The van der Waals surface area contributed by atoms with Crippen molar-refractivity contribution in [2.24, 2.45) is 0 Å². The normalized spacial score (nSPS) is 14.9. The smallest absolute Gasteiger partial charge is 0.244 e. The summed E-state index contributed by atoms with van der Waals surface area (Å²) >= 11 is 0. The van der Waals surface area contributed by atoms with Gasteiger partial charge in [-0.2, -0.15) is 0 Å². The van der Waals surface area contributed by atoms with Gasteiger partial charge in [0.15, 0.2) is 0 Å². The van der Waals surface area contributed by atoms with Crippen molar-refractivity contribution in [3.05, 3.63) is 21.9 Å². The highest BCUT2D eigenvalue weighted by Gasteiger charge is 2.11. The van der Waals surface area contributed by atoms with Gasteiger partial charge in [0.1, 0.15) is 0 Å². The van der Waals surface area contributed by atoms with E-state index in [-0.39, 0.29) is 12.1 Å². The van der Waals surface area contributed by atoms with E-state index in [2.05, 4.69) is 0 Å². The number of aliphatic hydroxyl groups is 1. The van der Waals surface area contributed by atoms with Crippen molar-refractivity contribution in [2.45, 2.75) is 26.4 Å². The van der Waals surface area contributed by atoms with Crippen LogP contribution < -0.4 is 0 Å². The summed E-state index contributed by atoms with van der Waals surface area (Å²) in [5, 5.41) is 18.8. The number of rotatable bonds is 3. The molecule has 0 fully saturated rings. The first kappa shape index (κ1) is 9.10. The first-order valence-corrected chi connectivity index (χ1v) is 3.05. The Morgan fingerprint density at radius 3 is 2.50 bits per heavy atom. The van der Waals surface area contributed by atoms with Gasteiger partial charge in [-0.1, -0.05) is 0 Å². The summed E-state index contributed by atoms with van der Waals surface area (Å²) in [5.41, 5.74) is 0.0648. The van der Waals surface area contributed by atoms with Gasteiger partial charge in [-0.15, -0.1) is 0 Å². The van der Waals surface area contributed by atoms with Crippen molar-refractivity contribution < 1.29 is 10.0 Å². The quantitative estimate of drug-likeness (QED) is 0.474. The molecule has 1 atom stereocenters. The number of nitrogens with zero attached hydrogens (tertiary/aromatic N) is 1. The molecule has 0 aliphatic carbocycles. The lowest BCUT2D eigenvalue weighted by Gasteiger charge is -1.99. The van der Waals surface area contributed by atoms with Crippen molar-refractivity contribution in [1.29, 1.82) is 0 Å². The first-order valence-electron chi connectivity index (χ1n) is 3.05. The van der Waals surface area contributed by atoms with Crippen LogP contribution >= 0.6 is 0 Å². The summed E-state index contributed by atoms with van der Waals surface area (Å²) in [4.78, 5) is 9.61. The molecule has 0 aromatic rings. The van der Waals surface area contributed by atoms with Crippen LogP contribution in [0.25, 0.3) is 0 Å². The molecule has 0 saturated heterocycles. The molecule has 0 amide bonds. The van der Waals surface area contributed by atoms with Crippen molar-refractivity contribution in [3.63, 3.8) is 0 Å². The van der Waals surface area contributed by atoms with Crippen LogP contribution in [0.3, 0.4) is 0 Å². The van der Waals surface area contributed by atoms with Crippen LogP contribution in [-0.2, 0) is 0 Å². The molecule has 4 nitrogen and oxygen atoms in total. The van der Waals surface area contributed by atoms with Crippen molar-refractivity contribution >= 4 is 0 Å². The molecule has 0 aliphatic heterocycles. The van der Waals surface area contributed by atoms with Gasteiger partial charge in [-0.05, 0) is 19.9 Å². The van der Waals surface area contributed by atoms with E-state index in [1.807, 2.05) is 0 Å². The van der Waals surface area contributed by atoms with Crippen LogP contribution in [0.5, 0.6) is 0 Å². The fourth-order valence-corrected chi connectivity index (χ4v) is 0.600. The van der Waals surface area contributed by atoms with Crippen LogP contribution in [0.4, 0.5) is 0 Å². The maximum absolute atomic E-state index is 10.1. The van der Waals surface area contributed by atoms with Crippen molar-refractivity contribution in [1.82, 2.24) is 0 Å². The Balaban J connectivity index is 3.99. The SMILES string of the molecule is C/C=C(\CC(C)O)[N+](=O)[O-]. The maximum atomic E-state index is 10.1. The summed E-state index contributed by atoms with van der Waals surface area (Å²) in [5.74, 6) is 0. The van der Waals surface area contributed by atoms with E-state index in [9.17, 15) is 10.1 Å². The zero-order valence-electron chi connectivity index (χ0n) is 6.07. The van der Waals surface area contributed by atoms with Crippen LogP contribution in [0.1, 0.15) is 20.3 Å². The molecule has 0 saturated carbocycles. The van der Waals surface area contributed by atoms with Crippen molar-refractivity contribution in [2.75, 3.05) is 0 Å². The molecule has 1 N–H and O–H groups in total. The molecule has 10 heavy (non-hydrogen) atoms. The Morgan fingerprint density at radius 1 is 1.90 bits per heavy atom. The average Bonchev–Trinajstić information content (AvgIpc) is 1.81. The lowest BCUT2D eigenvalue weighted by atomic mass is 10.2. The first-order chi connectivity index (χ1) is 4.57. The van der Waals surface area contributed by atoms with E-state index in [0.29, 0.717) is 0 Å². The molecule has 0 aromatic heterocycles. The molecule has 1 unspecified atom stereocenters. The summed E-state index contributed by atoms with van der Waals surface area (Å²) in [6.45, 7) is 3.10. The second-order valence-corrected chi connectivity index (χ2v) is 2.09. The Hall–Kier alpha value is -0.900. The minimum absolute atomic E-state index is 0.0648. The topological polar surface area (TPSA) is 63.4 Å². The van der Waals surface area contributed by atoms with Crippen LogP contribution in [0.15, 0.2) is 11.8 Å². The molecular formula is C6H11NO3. The molecule has 0 spiro atoms. The maximum Gasteiger partial charge on any atom is 0.244 e. The molecule has 4 heteroatoms. The average molecular weight is 145 g/mol. The third kappa shape index (κ3) is 3.19. The van der Waals surface area contributed by atoms with Gasteiger partial charge in [-0.25, -0.2) is 0 Å². The standard InChI is InChI=1S/C6H11NO3/c1-3-6(7(9)10)4-5(2)8/h3,5,8H,4H2,1-2H3/b6-3+.